The zero-order chi connectivity index (χ0) is 15.0. The highest BCUT2D eigenvalue weighted by molar-refractivity contribution is 6.33. The van der Waals surface area contributed by atoms with Crippen LogP contribution in [0.1, 0.15) is 31.1 Å². The molecule has 0 spiro atoms. The van der Waals surface area contributed by atoms with Crippen molar-refractivity contribution in [2.24, 2.45) is 0 Å². The van der Waals surface area contributed by atoms with Crippen LogP contribution in [0.3, 0.4) is 0 Å². The summed E-state index contributed by atoms with van der Waals surface area (Å²) in [5.41, 5.74) is 1.32. The van der Waals surface area contributed by atoms with Crippen molar-refractivity contribution in [2.45, 2.75) is 20.8 Å². The molecule has 1 N–H and O–H groups in total. The van der Waals surface area contributed by atoms with Gasteiger partial charge in [0.05, 0.1) is 17.2 Å². The summed E-state index contributed by atoms with van der Waals surface area (Å²) in [5, 5.41) is 3.72. The van der Waals surface area contributed by atoms with Crippen LogP contribution in [0.5, 0.6) is 0 Å². The van der Waals surface area contributed by atoms with E-state index in [1.54, 1.807) is 19.1 Å². The molecule has 0 saturated heterocycles. The van der Waals surface area contributed by atoms with Gasteiger partial charge in [-0.25, -0.2) is 4.79 Å². The SMILES string of the molecule is CCOC(=O)c1ccc(NCCN(CC)CC)cc1Cl. The van der Waals surface area contributed by atoms with E-state index in [1.165, 1.54) is 0 Å². The van der Waals surface area contributed by atoms with Crippen molar-refractivity contribution in [3.8, 4) is 0 Å². The van der Waals surface area contributed by atoms with Gasteiger partial charge in [0, 0.05) is 18.8 Å². The summed E-state index contributed by atoms with van der Waals surface area (Å²) in [6.07, 6.45) is 0. The maximum atomic E-state index is 11.6. The first-order chi connectivity index (χ1) is 9.62. The van der Waals surface area contributed by atoms with Crippen molar-refractivity contribution in [3.05, 3.63) is 28.8 Å². The summed E-state index contributed by atoms with van der Waals surface area (Å²) in [7, 11) is 0. The quantitative estimate of drug-likeness (QED) is 0.748. The third-order valence-corrected chi connectivity index (χ3v) is 3.43. The second kappa shape index (κ2) is 8.82. The minimum atomic E-state index is -0.382. The van der Waals surface area contributed by atoms with Gasteiger partial charge in [-0.3, -0.25) is 0 Å². The number of anilines is 1. The number of benzene rings is 1. The molecule has 5 heteroatoms. The number of nitrogens with one attached hydrogen (secondary N) is 1. The molecule has 4 nitrogen and oxygen atoms in total. The van der Waals surface area contributed by atoms with E-state index in [9.17, 15) is 4.79 Å². The predicted octanol–water partition coefficient (Wildman–Crippen LogP) is 3.27. The summed E-state index contributed by atoms with van der Waals surface area (Å²) in [5.74, 6) is -0.382. The average Bonchev–Trinajstić information content (AvgIpc) is 2.44. The number of carbonyl (C=O) groups is 1. The minimum absolute atomic E-state index is 0.346. The standard InChI is InChI=1S/C15H23ClN2O2/c1-4-18(5-2)10-9-17-12-7-8-13(14(16)11-12)15(19)20-6-3/h7-8,11,17H,4-6,9-10H2,1-3H3. The van der Waals surface area contributed by atoms with Crippen LogP contribution in [-0.4, -0.2) is 43.7 Å². The lowest BCUT2D eigenvalue weighted by molar-refractivity contribution is 0.0526. The molecule has 0 aliphatic rings. The maximum absolute atomic E-state index is 11.6. The van der Waals surface area contributed by atoms with Gasteiger partial charge in [-0.1, -0.05) is 25.4 Å². The molecule has 0 radical (unpaired) electrons. The molecule has 1 rings (SSSR count). The summed E-state index contributed by atoms with van der Waals surface area (Å²) < 4.78 is 4.94. The minimum Gasteiger partial charge on any atom is -0.462 e. The number of hydrogen-bond donors (Lipinski definition) is 1. The van der Waals surface area contributed by atoms with Gasteiger partial charge < -0.3 is 15.0 Å². The van der Waals surface area contributed by atoms with E-state index >= 15 is 0 Å². The summed E-state index contributed by atoms with van der Waals surface area (Å²) >= 11 is 6.10. The van der Waals surface area contributed by atoms with Gasteiger partial charge in [0.1, 0.15) is 0 Å². The molecular formula is C15H23ClN2O2. The fourth-order valence-electron chi connectivity index (χ4n) is 1.90. The molecule has 0 bridgehead atoms. The number of nitrogens with zero attached hydrogens (tertiary/aromatic N) is 1. The second-order valence-electron chi connectivity index (χ2n) is 4.37. The van der Waals surface area contributed by atoms with E-state index in [-0.39, 0.29) is 5.97 Å². The molecule has 0 atom stereocenters. The molecule has 1 aromatic rings. The number of rotatable bonds is 8. The highest BCUT2D eigenvalue weighted by atomic mass is 35.5. The fraction of sp³-hybridized carbons (Fsp3) is 0.533. The van der Waals surface area contributed by atoms with Crippen molar-refractivity contribution in [3.63, 3.8) is 0 Å². The van der Waals surface area contributed by atoms with E-state index in [1.807, 2.05) is 6.07 Å². The smallest absolute Gasteiger partial charge is 0.339 e. The van der Waals surface area contributed by atoms with E-state index in [0.29, 0.717) is 17.2 Å². The van der Waals surface area contributed by atoms with Gasteiger partial charge in [0.2, 0.25) is 0 Å². The molecular weight excluding hydrogens is 276 g/mol. The third-order valence-electron chi connectivity index (χ3n) is 3.12. The summed E-state index contributed by atoms with van der Waals surface area (Å²) in [6, 6.07) is 5.30. The predicted molar refractivity (Wildman–Crippen MR) is 83.7 cm³/mol. The van der Waals surface area contributed by atoms with Crippen molar-refractivity contribution in [2.75, 3.05) is 38.1 Å². The number of halogens is 1. The lowest BCUT2D eigenvalue weighted by Gasteiger charge is -2.18. The number of esters is 1. The lowest BCUT2D eigenvalue weighted by atomic mass is 10.2. The van der Waals surface area contributed by atoms with E-state index in [0.717, 1.165) is 31.9 Å². The van der Waals surface area contributed by atoms with Crippen molar-refractivity contribution in [1.29, 1.82) is 0 Å². The first kappa shape index (κ1) is 16.8. The molecule has 0 aliphatic carbocycles. The van der Waals surface area contributed by atoms with Crippen LogP contribution in [0, 0.1) is 0 Å². The number of carbonyl (C=O) groups excluding carboxylic acids is 1. The molecule has 0 heterocycles. The van der Waals surface area contributed by atoms with Gasteiger partial charge in [-0.05, 0) is 38.2 Å². The Bertz CT molecular complexity index is 434. The highest BCUT2D eigenvalue weighted by Gasteiger charge is 2.11. The summed E-state index contributed by atoms with van der Waals surface area (Å²) in [6.45, 7) is 10.3. The zero-order valence-electron chi connectivity index (χ0n) is 12.4. The number of hydrogen-bond acceptors (Lipinski definition) is 4. The van der Waals surface area contributed by atoms with Gasteiger partial charge in [-0.2, -0.15) is 0 Å². The van der Waals surface area contributed by atoms with Crippen molar-refractivity contribution in [1.82, 2.24) is 4.90 Å². The molecule has 0 aliphatic heterocycles. The van der Waals surface area contributed by atoms with E-state index in [2.05, 4.69) is 24.1 Å². The molecule has 1 aromatic carbocycles. The monoisotopic (exact) mass is 298 g/mol. The Morgan fingerprint density at radius 1 is 1.30 bits per heavy atom. The molecule has 0 fully saturated rings. The van der Waals surface area contributed by atoms with Crippen molar-refractivity contribution >= 4 is 23.3 Å². The number of ether oxygens (including phenoxy) is 1. The van der Waals surface area contributed by atoms with Gasteiger partial charge in [-0.15, -0.1) is 0 Å². The van der Waals surface area contributed by atoms with E-state index < -0.39 is 0 Å². The molecule has 112 valence electrons. The Morgan fingerprint density at radius 2 is 2.00 bits per heavy atom. The maximum Gasteiger partial charge on any atom is 0.339 e. The zero-order valence-corrected chi connectivity index (χ0v) is 13.2. The van der Waals surface area contributed by atoms with Gasteiger partial charge in [0.25, 0.3) is 0 Å². The van der Waals surface area contributed by atoms with Crippen LogP contribution >= 0.6 is 11.6 Å². The molecule has 0 amide bonds. The number of likely N-dealkylation sites (N-methyl/N-ethyl adjacent to an activating group) is 1. The topological polar surface area (TPSA) is 41.6 Å². The third kappa shape index (κ3) is 5.02. The average molecular weight is 299 g/mol. The normalized spacial score (nSPS) is 10.7. The lowest BCUT2D eigenvalue weighted by Crippen LogP contribution is -2.28. The van der Waals surface area contributed by atoms with Crippen LogP contribution < -0.4 is 5.32 Å². The summed E-state index contributed by atoms with van der Waals surface area (Å²) in [4.78, 5) is 14.0. The Morgan fingerprint density at radius 3 is 2.55 bits per heavy atom. The van der Waals surface area contributed by atoms with E-state index in [4.69, 9.17) is 16.3 Å². The first-order valence-corrected chi connectivity index (χ1v) is 7.43. The van der Waals surface area contributed by atoms with Crippen molar-refractivity contribution < 1.29 is 9.53 Å². The van der Waals surface area contributed by atoms with Crippen LogP contribution in [0.2, 0.25) is 5.02 Å². The van der Waals surface area contributed by atoms with Crippen LogP contribution in [-0.2, 0) is 4.74 Å². The molecule has 0 saturated carbocycles. The Balaban J connectivity index is 2.57. The molecule has 0 unspecified atom stereocenters. The molecule has 0 aromatic heterocycles. The Hall–Kier alpha value is -1.26. The fourth-order valence-corrected chi connectivity index (χ4v) is 2.16. The van der Waals surface area contributed by atoms with Crippen LogP contribution in [0.25, 0.3) is 0 Å². The Kier molecular flexibility index (Phi) is 7.41. The highest BCUT2D eigenvalue weighted by Crippen LogP contribution is 2.21. The second-order valence-corrected chi connectivity index (χ2v) is 4.78. The van der Waals surface area contributed by atoms with Gasteiger partial charge >= 0.3 is 5.97 Å². The van der Waals surface area contributed by atoms with Gasteiger partial charge in [0.15, 0.2) is 0 Å². The largest absolute Gasteiger partial charge is 0.462 e. The molecule has 20 heavy (non-hydrogen) atoms. The van der Waals surface area contributed by atoms with Crippen LogP contribution in [0.15, 0.2) is 18.2 Å². The van der Waals surface area contributed by atoms with Crippen LogP contribution in [0.4, 0.5) is 5.69 Å². The Labute approximate surface area is 126 Å². The first-order valence-electron chi connectivity index (χ1n) is 7.05.